The predicted octanol–water partition coefficient (Wildman–Crippen LogP) is 6.22. The van der Waals surface area contributed by atoms with Gasteiger partial charge in [-0.1, -0.05) is 66.0 Å². The summed E-state index contributed by atoms with van der Waals surface area (Å²) in [5.41, 5.74) is 6.20. The third-order valence-electron chi connectivity index (χ3n) is 9.32. The third kappa shape index (κ3) is 7.54. The zero-order chi connectivity index (χ0) is 31.3. The summed E-state index contributed by atoms with van der Waals surface area (Å²) in [6, 6.07) is 21.9. The second-order valence-electron chi connectivity index (χ2n) is 12.6. The van der Waals surface area contributed by atoms with Crippen molar-refractivity contribution >= 4 is 35.2 Å². The molecular weight excluding hydrogens is 584 g/mol. The Balaban J connectivity index is 1.02. The first-order valence-corrected chi connectivity index (χ1v) is 16.6. The molecule has 2 aliphatic heterocycles. The van der Waals surface area contributed by atoms with E-state index in [0.29, 0.717) is 24.4 Å². The number of hydrogen-bond acceptors (Lipinski definition) is 5. The van der Waals surface area contributed by atoms with Crippen LogP contribution in [0.25, 0.3) is 6.08 Å². The molecule has 2 heterocycles. The summed E-state index contributed by atoms with van der Waals surface area (Å²) in [4.78, 5) is 33.3. The fraction of sp³-hybridized carbons (Fsp3) is 0.405. The Kier molecular flexibility index (Phi) is 9.76. The first-order valence-electron chi connectivity index (χ1n) is 16.2. The highest BCUT2D eigenvalue weighted by atomic mass is 35.5. The highest BCUT2D eigenvalue weighted by Gasteiger charge is 2.41. The highest BCUT2D eigenvalue weighted by Crippen LogP contribution is 2.34. The van der Waals surface area contributed by atoms with Crippen LogP contribution in [0.4, 0.5) is 5.69 Å². The molecule has 0 spiro atoms. The lowest BCUT2D eigenvalue weighted by molar-refractivity contribution is -0.149. The van der Waals surface area contributed by atoms with Crippen molar-refractivity contribution < 1.29 is 14.3 Å². The van der Waals surface area contributed by atoms with Gasteiger partial charge in [-0.2, -0.15) is 0 Å². The molecule has 2 unspecified atom stereocenters. The van der Waals surface area contributed by atoms with Gasteiger partial charge >= 0.3 is 0 Å². The molecule has 3 aromatic carbocycles. The van der Waals surface area contributed by atoms with E-state index in [4.69, 9.17) is 16.3 Å². The SMILES string of the molecule is Cc1cccc(CN2C(=O)/C(=C\c3ccc(C(=O)NCCN4CCN(c5cc(Cl)ccc5C)CC4)cc3)OC3CCCCC32)c1. The number of anilines is 1. The monoisotopic (exact) mass is 626 g/mol. The molecule has 8 heteroatoms. The van der Waals surface area contributed by atoms with Gasteiger partial charge in [0.25, 0.3) is 11.8 Å². The van der Waals surface area contributed by atoms with Crippen molar-refractivity contribution in [1.29, 1.82) is 0 Å². The van der Waals surface area contributed by atoms with Crippen molar-refractivity contribution in [2.75, 3.05) is 44.2 Å². The van der Waals surface area contributed by atoms with E-state index < -0.39 is 0 Å². The number of amides is 2. The minimum atomic E-state index is -0.0956. The van der Waals surface area contributed by atoms with Crippen LogP contribution in [0.15, 0.2) is 72.5 Å². The van der Waals surface area contributed by atoms with Gasteiger partial charge in [0, 0.05) is 62.1 Å². The van der Waals surface area contributed by atoms with Gasteiger partial charge in [0.15, 0.2) is 5.76 Å². The molecule has 1 saturated carbocycles. The van der Waals surface area contributed by atoms with Crippen LogP contribution in [0.2, 0.25) is 5.02 Å². The predicted molar refractivity (Wildman–Crippen MR) is 180 cm³/mol. The number of halogens is 1. The molecule has 2 saturated heterocycles. The fourth-order valence-corrected chi connectivity index (χ4v) is 6.98. The summed E-state index contributed by atoms with van der Waals surface area (Å²) in [5, 5.41) is 3.83. The van der Waals surface area contributed by atoms with Crippen molar-refractivity contribution in [3.63, 3.8) is 0 Å². The number of rotatable bonds is 8. The number of nitrogens with zero attached hydrogens (tertiary/aromatic N) is 3. The molecule has 1 N–H and O–H groups in total. The Morgan fingerprint density at radius 1 is 0.978 bits per heavy atom. The largest absolute Gasteiger partial charge is 0.482 e. The second-order valence-corrected chi connectivity index (χ2v) is 13.0. The summed E-state index contributed by atoms with van der Waals surface area (Å²) in [5.74, 6) is 0.223. The van der Waals surface area contributed by atoms with Crippen LogP contribution in [0, 0.1) is 13.8 Å². The van der Waals surface area contributed by atoms with Gasteiger partial charge in [0.1, 0.15) is 6.10 Å². The maximum atomic E-state index is 13.7. The Bertz CT molecular complexity index is 1550. The number of nitrogens with one attached hydrogen (secondary N) is 1. The normalized spacial score (nSPS) is 21.4. The Morgan fingerprint density at radius 2 is 1.76 bits per heavy atom. The van der Waals surface area contributed by atoms with Crippen molar-refractivity contribution in [1.82, 2.24) is 15.1 Å². The van der Waals surface area contributed by atoms with Gasteiger partial charge in [0.05, 0.1) is 6.04 Å². The van der Waals surface area contributed by atoms with Crippen LogP contribution in [0.1, 0.15) is 58.3 Å². The first kappa shape index (κ1) is 31.2. The molecule has 0 aromatic heterocycles. The van der Waals surface area contributed by atoms with Crippen LogP contribution in [0.3, 0.4) is 0 Å². The molecule has 3 aromatic rings. The van der Waals surface area contributed by atoms with Gasteiger partial charge in [-0.3, -0.25) is 14.5 Å². The standard InChI is InChI=1S/C37H43ClN4O3/c1-26-6-5-7-29(22-26)25-42-32-8-3-4-9-34(32)45-35(37(42)44)23-28-11-13-30(14-12-28)36(43)39-16-17-40-18-20-41(21-19-40)33-24-31(38)15-10-27(33)2/h5-7,10-15,22-24,32,34H,3-4,8-9,16-21,25H2,1-2H3,(H,39,43)/b35-23+. The molecule has 6 rings (SSSR count). The van der Waals surface area contributed by atoms with Crippen molar-refractivity contribution in [2.45, 2.75) is 58.2 Å². The third-order valence-corrected chi connectivity index (χ3v) is 9.56. The van der Waals surface area contributed by atoms with E-state index >= 15 is 0 Å². The Morgan fingerprint density at radius 3 is 2.53 bits per heavy atom. The van der Waals surface area contributed by atoms with Gasteiger partial charge in [-0.05, 0) is 80.1 Å². The first-order chi connectivity index (χ1) is 21.8. The average molecular weight is 627 g/mol. The highest BCUT2D eigenvalue weighted by molar-refractivity contribution is 6.30. The number of hydrogen-bond donors (Lipinski definition) is 1. The van der Waals surface area contributed by atoms with Crippen molar-refractivity contribution in [2.24, 2.45) is 0 Å². The van der Waals surface area contributed by atoms with Crippen LogP contribution in [0.5, 0.6) is 0 Å². The molecular formula is C37H43ClN4O3. The minimum absolute atomic E-state index is 0.0153. The van der Waals surface area contributed by atoms with E-state index in [9.17, 15) is 9.59 Å². The lowest BCUT2D eigenvalue weighted by Gasteiger charge is -2.44. The van der Waals surface area contributed by atoms with Gasteiger partial charge in [-0.25, -0.2) is 0 Å². The number of morpholine rings is 1. The maximum absolute atomic E-state index is 13.7. The number of carbonyl (C=O) groups excluding carboxylic acids is 2. The van der Waals surface area contributed by atoms with E-state index in [-0.39, 0.29) is 24.0 Å². The summed E-state index contributed by atoms with van der Waals surface area (Å²) >= 11 is 6.23. The Labute approximate surface area is 271 Å². The fourth-order valence-electron chi connectivity index (χ4n) is 6.82. The molecule has 2 amide bonds. The van der Waals surface area contributed by atoms with E-state index in [2.05, 4.69) is 53.2 Å². The van der Waals surface area contributed by atoms with Crippen LogP contribution in [-0.4, -0.2) is 73.0 Å². The molecule has 236 valence electrons. The molecule has 1 aliphatic carbocycles. The zero-order valence-electron chi connectivity index (χ0n) is 26.3. The quantitative estimate of drug-likeness (QED) is 0.301. The minimum Gasteiger partial charge on any atom is -0.482 e. The molecule has 0 radical (unpaired) electrons. The topological polar surface area (TPSA) is 65.1 Å². The molecule has 7 nitrogen and oxygen atoms in total. The zero-order valence-corrected chi connectivity index (χ0v) is 27.1. The van der Waals surface area contributed by atoms with Gasteiger partial charge in [-0.15, -0.1) is 0 Å². The number of piperazine rings is 1. The number of fused-ring (bicyclic) bond motifs is 1. The molecule has 45 heavy (non-hydrogen) atoms. The van der Waals surface area contributed by atoms with Crippen LogP contribution in [-0.2, 0) is 16.1 Å². The van der Waals surface area contributed by atoms with Crippen LogP contribution >= 0.6 is 11.6 Å². The summed E-state index contributed by atoms with van der Waals surface area (Å²) in [6.45, 7) is 9.92. The molecule has 3 aliphatic rings. The van der Waals surface area contributed by atoms with E-state index in [1.165, 1.54) is 16.8 Å². The molecule has 0 bridgehead atoms. The lowest BCUT2D eigenvalue weighted by Crippen LogP contribution is -2.54. The van der Waals surface area contributed by atoms with Crippen molar-refractivity contribution in [3.05, 3.63) is 105 Å². The molecule has 2 atom stereocenters. The Hall–Kier alpha value is -3.81. The number of ether oxygens (including phenoxy) is 1. The smallest absolute Gasteiger partial charge is 0.289 e. The average Bonchev–Trinajstić information content (AvgIpc) is 3.05. The van der Waals surface area contributed by atoms with E-state index in [0.717, 1.165) is 74.6 Å². The maximum Gasteiger partial charge on any atom is 0.289 e. The summed E-state index contributed by atoms with van der Waals surface area (Å²) in [6.07, 6.45) is 5.99. The van der Waals surface area contributed by atoms with Crippen LogP contribution < -0.4 is 10.2 Å². The van der Waals surface area contributed by atoms with Gasteiger partial charge < -0.3 is 19.9 Å². The summed E-state index contributed by atoms with van der Waals surface area (Å²) < 4.78 is 6.31. The second kappa shape index (κ2) is 14.1. The van der Waals surface area contributed by atoms with E-state index in [1.54, 1.807) is 0 Å². The van der Waals surface area contributed by atoms with Crippen molar-refractivity contribution in [3.8, 4) is 0 Å². The number of carbonyl (C=O) groups is 2. The molecule has 3 fully saturated rings. The number of aryl methyl sites for hydroxylation is 2. The summed E-state index contributed by atoms with van der Waals surface area (Å²) in [7, 11) is 0. The van der Waals surface area contributed by atoms with E-state index in [1.807, 2.05) is 53.4 Å². The lowest BCUT2D eigenvalue weighted by atomic mass is 9.89. The number of benzene rings is 3. The van der Waals surface area contributed by atoms with Gasteiger partial charge in [0.2, 0.25) is 0 Å².